The highest BCUT2D eigenvalue weighted by atomic mass is 16.4. The molecule has 0 fully saturated rings. The smallest absolute Gasteiger partial charge is 0.273 e. The van der Waals surface area contributed by atoms with Gasteiger partial charge in [0.2, 0.25) is 0 Å². The summed E-state index contributed by atoms with van der Waals surface area (Å²) in [5.41, 5.74) is 12.8. The zero-order chi connectivity index (χ0) is 25.0. The Bertz CT molecular complexity index is 1270. The number of amidine groups is 1. The molecule has 0 aliphatic rings. The van der Waals surface area contributed by atoms with Crippen molar-refractivity contribution in [1.82, 2.24) is 24.2 Å². The van der Waals surface area contributed by atoms with Gasteiger partial charge in [0.25, 0.3) is 17.7 Å². The van der Waals surface area contributed by atoms with Crippen LogP contribution in [0.5, 0.6) is 0 Å². The van der Waals surface area contributed by atoms with E-state index >= 15 is 0 Å². The molecule has 3 heterocycles. The quantitative estimate of drug-likeness (QED) is 0.116. The second-order valence-corrected chi connectivity index (χ2v) is 7.54. The summed E-state index contributed by atoms with van der Waals surface area (Å²) in [5, 5.41) is 23.5. The van der Waals surface area contributed by atoms with E-state index in [0.29, 0.717) is 17.1 Å². The number of nitrogens with zero attached hydrogens (tertiary/aromatic N) is 5. The lowest BCUT2D eigenvalue weighted by Crippen LogP contribution is -2.29. The first-order valence-electron chi connectivity index (χ1n) is 10.1. The number of oxime groups is 1. The lowest BCUT2D eigenvalue weighted by Gasteiger charge is -2.03. The van der Waals surface area contributed by atoms with E-state index in [-0.39, 0.29) is 41.9 Å². The molecule has 0 aromatic carbocycles. The highest BCUT2D eigenvalue weighted by Crippen LogP contribution is 2.17. The first-order valence-corrected chi connectivity index (χ1v) is 10.1. The molecule has 0 unspecified atom stereocenters. The maximum atomic E-state index is 12.8. The number of carbonyl (C=O) groups excluding carboxylic acids is 3. The fraction of sp³-hybridized carbons (Fsp3) is 0.250. The van der Waals surface area contributed by atoms with Gasteiger partial charge in [0.15, 0.2) is 5.82 Å². The number of aromatic nitrogens is 4. The molecule has 3 amide bonds. The number of nitrogens with two attached hydrogens (primary N) is 2. The summed E-state index contributed by atoms with van der Waals surface area (Å²) in [5.74, 6) is -1.14. The summed E-state index contributed by atoms with van der Waals surface area (Å²) in [6.45, 7) is 0.162. The van der Waals surface area contributed by atoms with Crippen LogP contribution in [0, 0.1) is 0 Å². The predicted octanol–water partition coefficient (Wildman–Crippen LogP) is 0.0502. The average molecular weight is 470 g/mol. The number of nitrogens with one attached hydrogen (secondary N) is 3. The van der Waals surface area contributed by atoms with Crippen molar-refractivity contribution >= 4 is 40.7 Å². The van der Waals surface area contributed by atoms with Crippen molar-refractivity contribution in [3.05, 3.63) is 47.7 Å². The monoisotopic (exact) mass is 470 g/mol. The highest BCUT2D eigenvalue weighted by Gasteiger charge is 2.19. The van der Waals surface area contributed by atoms with Crippen LogP contribution in [0.15, 0.2) is 35.7 Å². The molecule has 0 saturated carbocycles. The number of carbonyl (C=O) groups is 3. The molecule has 180 valence electrons. The van der Waals surface area contributed by atoms with Gasteiger partial charge in [-0.1, -0.05) is 5.16 Å². The minimum atomic E-state index is -0.483. The van der Waals surface area contributed by atoms with Gasteiger partial charge in [-0.05, 0) is 12.1 Å². The third-order valence-electron chi connectivity index (χ3n) is 4.90. The van der Waals surface area contributed by atoms with Gasteiger partial charge in [-0.25, -0.2) is 0 Å². The normalized spacial score (nSPS) is 11.3. The van der Waals surface area contributed by atoms with Crippen LogP contribution in [0.1, 0.15) is 37.9 Å². The second kappa shape index (κ2) is 9.81. The molecular formula is C20H26N10O4. The SMILES string of the molecule is Cn1cc(N)cc1C(=O)Nc1cc(C(=O)Nc2cc(C(=O)NCCC(N)=NO)n(C)n2)n(C)c1. The number of rotatable bonds is 8. The van der Waals surface area contributed by atoms with Crippen molar-refractivity contribution in [2.75, 3.05) is 22.9 Å². The van der Waals surface area contributed by atoms with Crippen LogP contribution in [-0.2, 0) is 21.1 Å². The van der Waals surface area contributed by atoms with Gasteiger partial charge in [-0.3, -0.25) is 19.1 Å². The van der Waals surface area contributed by atoms with Gasteiger partial charge < -0.3 is 41.8 Å². The van der Waals surface area contributed by atoms with Crippen molar-refractivity contribution < 1.29 is 19.6 Å². The molecular weight excluding hydrogens is 444 g/mol. The molecule has 0 aliphatic heterocycles. The molecule has 3 aromatic rings. The molecule has 0 saturated heterocycles. The number of nitrogen functional groups attached to an aromatic ring is 1. The number of aryl methyl sites for hydroxylation is 3. The molecule has 0 spiro atoms. The highest BCUT2D eigenvalue weighted by molar-refractivity contribution is 6.07. The largest absolute Gasteiger partial charge is 0.409 e. The van der Waals surface area contributed by atoms with Crippen LogP contribution >= 0.6 is 0 Å². The lowest BCUT2D eigenvalue weighted by molar-refractivity contribution is 0.0943. The van der Waals surface area contributed by atoms with Gasteiger partial charge >= 0.3 is 0 Å². The first kappa shape index (κ1) is 23.9. The number of anilines is 3. The third-order valence-corrected chi connectivity index (χ3v) is 4.90. The Morgan fingerprint density at radius 2 is 1.62 bits per heavy atom. The van der Waals surface area contributed by atoms with Crippen LogP contribution in [0.25, 0.3) is 0 Å². The fourth-order valence-corrected chi connectivity index (χ4v) is 3.24. The van der Waals surface area contributed by atoms with E-state index < -0.39 is 11.8 Å². The average Bonchev–Trinajstić information content (AvgIpc) is 3.43. The van der Waals surface area contributed by atoms with E-state index in [9.17, 15) is 14.4 Å². The molecule has 8 N–H and O–H groups in total. The molecule has 14 heteroatoms. The van der Waals surface area contributed by atoms with Gasteiger partial charge in [-0.2, -0.15) is 5.10 Å². The van der Waals surface area contributed by atoms with Crippen LogP contribution in [0.3, 0.4) is 0 Å². The molecule has 0 radical (unpaired) electrons. The lowest BCUT2D eigenvalue weighted by atomic mass is 10.3. The third kappa shape index (κ3) is 5.35. The number of hydrogen-bond acceptors (Lipinski definition) is 7. The molecule has 0 aliphatic carbocycles. The van der Waals surface area contributed by atoms with Crippen LogP contribution in [0.4, 0.5) is 17.2 Å². The van der Waals surface area contributed by atoms with E-state index in [1.807, 2.05) is 0 Å². The topological polar surface area (TPSA) is 200 Å². The first-order chi connectivity index (χ1) is 16.1. The zero-order valence-corrected chi connectivity index (χ0v) is 18.9. The van der Waals surface area contributed by atoms with E-state index in [2.05, 4.69) is 26.2 Å². The Labute approximate surface area is 194 Å². The maximum absolute atomic E-state index is 12.8. The van der Waals surface area contributed by atoms with Crippen LogP contribution < -0.4 is 27.4 Å². The standard InChI is InChI=1S/C20H26N10O4/c1-28-9-11(21)6-13(28)19(32)24-12-7-14(29(2)10-12)20(33)25-17-8-15(30(3)26-17)18(31)23-5-4-16(22)27-34/h6-10,34H,4-5,21H2,1-3H3,(H2,22,27)(H,23,31)(H,24,32)(H,25,26,33). The Hall–Kier alpha value is -4.75. The van der Waals surface area contributed by atoms with E-state index in [0.717, 1.165) is 0 Å². The Balaban J connectivity index is 1.65. The minimum absolute atomic E-state index is 0.0100. The Morgan fingerprint density at radius 3 is 2.26 bits per heavy atom. The van der Waals surface area contributed by atoms with Crippen molar-refractivity contribution in [3.63, 3.8) is 0 Å². The van der Waals surface area contributed by atoms with Crippen molar-refractivity contribution in [1.29, 1.82) is 0 Å². The van der Waals surface area contributed by atoms with E-state index in [1.54, 1.807) is 48.7 Å². The molecule has 3 rings (SSSR count). The summed E-state index contributed by atoms with van der Waals surface area (Å²) in [7, 11) is 4.92. The van der Waals surface area contributed by atoms with Gasteiger partial charge in [0.1, 0.15) is 22.9 Å². The van der Waals surface area contributed by atoms with Crippen molar-refractivity contribution in [2.24, 2.45) is 32.0 Å². The van der Waals surface area contributed by atoms with Gasteiger partial charge in [0, 0.05) is 52.6 Å². The molecule has 3 aromatic heterocycles. The summed E-state index contributed by atoms with van der Waals surface area (Å²) >= 11 is 0. The second-order valence-electron chi connectivity index (χ2n) is 7.54. The van der Waals surface area contributed by atoms with Crippen molar-refractivity contribution in [2.45, 2.75) is 6.42 Å². The Morgan fingerprint density at radius 1 is 0.971 bits per heavy atom. The fourth-order valence-electron chi connectivity index (χ4n) is 3.24. The zero-order valence-electron chi connectivity index (χ0n) is 18.9. The number of hydrogen-bond donors (Lipinski definition) is 6. The summed E-state index contributed by atoms with van der Waals surface area (Å²) in [4.78, 5) is 37.6. The summed E-state index contributed by atoms with van der Waals surface area (Å²) in [6.07, 6.45) is 3.39. The summed E-state index contributed by atoms with van der Waals surface area (Å²) in [6, 6.07) is 4.49. The van der Waals surface area contributed by atoms with Crippen LogP contribution in [0.2, 0.25) is 0 Å². The molecule has 0 atom stereocenters. The predicted molar refractivity (Wildman–Crippen MR) is 125 cm³/mol. The molecule has 0 bridgehead atoms. The summed E-state index contributed by atoms with van der Waals surface area (Å²) < 4.78 is 4.47. The maximum Gasteiger partial charge on any atom is 0.273 e. The Kier molecular flexibility index (Phi) is 6.89. The van der Waals surface area contributed by atoms with E-state index in [1.165, 1.54) is 16.8 Å². The van der Waals surface area contributed by atoms with Gasteiger partial charge in [0.05, 0.1) is 11.4 Å². The van der Waals surface area contributed by atoms with Crippen molar-refractivity contribution in [3.8, 4) is 0 Å². The van der Waals surface area contributed by atoms with Crippen LogP contribution in [-0.4, -0.2) is 54.2 Å². The van der Waals surface area contributed by atoms with Gasteiger partial charge in [-0.15, -0.1) is 0 Å². The molecule has 34 heavy (non-hydrogen) atoms. The number of amides is 3. The molecule has 14 nitrogen and oxygen atoms in total. The van der Waals surface area contributed by atoms with E-state index in [4.69, 9.17) is 16.7 Å². The minimum Gasteiger partial charge on any atom is -0.409 e.